The molecule has 0 bridgehead atoms. The third-order valence-electron chi connectivity index (χ3n) is 3.07. The highest BCUT2D eigenvalue weighted by Crippen LogP contribution is 2.16. The van der Waals surface area contributed by atoms with Gasteiger partial charge in [-0.2, -0.15) is 11.8 Å². The minimum absolute atomic E-state index is 0.0190. The Morgan fingerprint density at radius 3 is 3.00 bits per heavy atom. The van der Waals surface area contributed by atoms with Crippen LogP contribution in [-0.4, -0.2) is 40.7 Å². The first-order chi connectivity index (χ1) is 9.76. The van der Waals surface area contributed by atoms with Gasteiger partial charge in [0.05, 0.1) is 5.52 Å². The zero-order valence-electron chi connectivity index (χ0n) is 11.4. The summed E-state index contributed by atoms with van der Waals surface area (Å²) in [6.07, 6.45) is 4.26. The Morgan fingerprint density at radius 2 is 2.25 bits per heavy atom. The van der Waals surface area contributed by atoms with Crippen LogP contribution in [-0.2, 0) is 0 Å². The van der Waals surface area contributed by atoms with Crippen molar-refractivity contribution in [2.24, 2.45) is 0 Å². The molecule has 20 heavy (non-hydrogen) atoms. The number of rotatable bonds is 6. The number of fused-ring (bicyclic) bond motifs is 1. The van der Waals surface area contributed by atoms with Crippen LogP contribution in [0, 0.1) is 0 Å². The molecule has 2 N–H and O–H groups in total. The molecule has 0 aliphatic rings. The molecule has 5 heteroatoms. The first-order valence-corrected chi connectivity index (χ1v) is 7.90. The van der Waals surface area contributed by atoms with E-state index in [1.807, 2.05) is 30.5 Å². The Morgan fingerprint density at radius 1 is 1.40 bits per heavy atom. The van der Waals surface area contributed by atoms with E-state index in [0.29, 0.717) is 12.0 Å². The molecule has 2 aromatic rings. The van der Waals surface area contributed by atoms with Crippen LogP contribution in [0.2, 0.25) is 0 Å². The van der Waals surface area contributed by atoms with Crippen LogP contribution in [0.3, 0.4) is 0 Å². The van der Waals surface area contributed by atoms with Crippen LogP contribution < -0.4 is 5.32 Å². The third-order valence-corrected chi connectivity index (χ3v) is 3.81. The summed E-state index contributed by atoms with van der Waals surface area (Å²) in [5.74, 6) is 0.672. The fraction of sp³-hybridized carbons (Fsp3) is 0.333. The molecule has 1 amide bonds. The van der Waals surface area contributed by atoms with Gasteiger partial charge in [-0.1, -0.05) is 12.1 Å². The molecular weight excluding hydrogens is 272 g/mol. The predicted octanol–water partition coefficient (Wildman–Crippen LogP) is 2.08. The van der Waals surface area contributed by atoms with Gasteiger partial charge in [0.2, 0.25) is 0 Å². The number of benzene rings is 1. The molecule has 0 saturated carbocycles. The van der Waals surface area contributed by atoms with Crippen LogP contribution in [0.25, 0.3) is 10.9 Å². The number of nitrogens with zero attached hydrogens (tertiary/aromatic N) is 1. The summed E-state index contributed by atoms with van der Waals surface area (Å²) in [5, 5.41) is 12.9. The SMILES string of the molecule is CSC[C@H](CCO)NC(=O)c1cccc2ncccc12. The molecule has 0 aliphatic heterocycles. The van der Waals surface area contributed by atoms with E-state index in [1.165, 1.54) is 0 Å². The van der Waals surface area contributed by atoms with Crippen LogP contribution in [0.4, 0.5) is 0 Å². The lowest BCUT2D eigenvalue weighted by molar-refractivity contribution is 0.0937. The molecule has 1 atom stereocenters. The number of hydrogen-bond donors (Lipinski definition) is 2. The van der Waals surface area contributed by atoms with Gasteiger partial charge in [-0.05, 0) is 30.9 Å². The zero-order chi connectivity index (χ0) is 14.4. The van der Waals surface area contributed by atoms with E-state index in [2.05, 4.69) is 10.3 Å². The van der Waals surface area contributed by atoms with E-state index in [4.69, 9.17) is 5.11 Å². The van der Waals surface area contributed by atoms with Gasteiger partial charge in [-0.25, -0.2) is 0 Å². The van der Waals surface area contributed by atoms with Gasteiger partial charge in [0.25, 0.3) is 5.91 Å². The number of carbonyl (C=O) groups excluding carboxylic acids is 1. The van der Waals surface area contributed by atoms with Crippen molar-refractivity contribution < 1.29 is 9.90 Å². The van der Waals surface area contributed by atoms with Gasteiger partial charge < -0.3 is 10.4 Å². The lowest BCUT2D eigenvalue weighted by atomic mass is 10.1. The first kappa shape index (κ1) is 14.8. The number of nitrogens with one attached hydrogen (secondary N) is 1. The number of hydrogen-bond acceptors (Lipinski definition) is 4. The van der Waals surface area contributed by atoms with E-state index >= 15 is 0 Å². The average molecular weight is 290 g/mol. The molecule has 1 aromatic heterocycles. The molecule has 1 heterocycles. The standard InChI is InChI=1S/C15H18N2O2S/c1-20-10-11(7-9-18)17-15(19)13-4-2-6-14-12(13)5-3-8-16-14/h2-6,8,11,18H,7,9-10H2,1H3,(H,17,19)/t11-/m0/s1. The number of pyridine rings is 1. The van der Waals surface area contributed by atoms with Gasteiger partial charge in [-0.3, -0.25) is 9.78 Å². The Balaban J connectivity index is 2.22. The number of amides is 1. The maximum absolute atomic E-state index is 12.4. The molecule has 0 saturated heterocycles. The maximum atomic E-state index is 12.4. The summed E-state index contributed by atoms with van der Waals surface area (Å²) < 4.78 is 0. The van der Waals surface area contributed by atoms with Crippen molar-refractivity contribution in [2.75, 3.05) is 18.6 Å². The van der Waals surface area contributed by atoms with Crippen LogP contribution in [0.1, 0.15) is 16.8 Å². The second-order valence-electron chi connectivity index (χ2n) is 4.51. The van der Waals surface area contributed by atoms with Crippen molar-refractivity contribution in [3.63, 3.8) is 0 Å². The average Bonchev–Trinajstić information content (AvgIpc) is 2.47. The molecule has 0 unspecified atom stereocenters. The second-order valence-corrected chi connectivity index (χ2v) is 5.42. The van der Waals surface area contributed by atoms with Crippen LogP contribution >= 0.6 is 11.8 Å². The molecule has 4 nitrogen and oxygen atoms in total. The number of aliphatic hydroxyl groups is 1. The topological polar surface area (TPSA) is 62.2 Å². The van der Waals surface area contributed by atoms with Crippen molar-refractivity contribution in [1.29, 1.82) is 0 Å². The van der Waals surface area contributed by atoms with Crippen LogP contribution in [0.15, 0.2) is 36.5 Å². The van der Waals surface area contributed by atoms with Crippen molar-refractivity contribution >= 4 is 28.6 Å². The fourth-order valence-corrected chi connectivity index (χ4v) is 2.77. The summed E-state index contributed by atoms with van der Waals surface area (Å²) >= 11 is 1.65. The summed E-state index contributed by atoms with van der Waals surface area (Å²) in [6.45, 7) is 0.0720. The minimum atomic E-state index is -0.115. The van der Waals surface area contributed by atoms with Crippen molar-refractivity contribution in [1.82, 2.24) is 10.3 Å². The van der Waals surface area contributed by atoms with Gasteiger partial charge >= 0.3 is 0 Å². The Kier molecular flexibility index (Phi) is 5.38. The Bertz CT molecular complexity index is 578. The highest BCUT2D eigenvalue weighted by molar-refractivity contribution is 7.98. The van der Waals surface area contributed by atoms with Crippen LogP contribution in [0.5, 0.6) is 0 Å². The first-order valence-electron chi connectivity index (χ1n) is 6.50. The molecule has 0 fully saturated rings. The fourth-order valence-electron chi connectivity index (χ4n) is 2.12. The highest BCUT2D eigenvalue weighted by Gasteiger charge is 2.15. The van der Waals surface area contributed by atoms with E-state index in [1.54, 1.807) is 24.0 Å². The monoisotopic (exact) mass is 290 g/mol. The third kappa shape index (κ3) is 3.49. The van der Waals surface area contributed by atoms with Gasteiger partial charge in [0.1, 0.15) is 0 Å². The predicted molar refractivity (Wildman–Crippen MR) is 83.1 cm³/mol. The quantitative estimate of drug-likeness (QED) is 0.855. The largest absolute Gasteiger partial charge is 0.396 e. The number of carbonyl (C=O) groups is 1. The molecule has 2 rings (SSSR count). The zero-order valence-corrected chi connectivity index (χ0v) is 12.2. The molecule has 0 radical (unpaired) electrons. The Hall–Kier alpha value is -1.59. The van der Waals surface area contributed by atoms with E-state index < -0.39 is 0 Å². The van der Waals surface area contributed by atoms with Crippen molar-refractivity contribution in [2.45, 2.75) is 12.5 Å². The second kappa shape index (κ2) is 7.26. The smallest absolute Gasteiger partial charge is 0.252 e. The van der Waals surface area contributed by atoms with E-state index in [0.717, 1.165) is 16.7 Å². The highest BCUT2D eigenvalue weighted by atomic mass is 32.2. The molecule has 0 aliphatic carbocycles. The summed E-state index contributed by atoms with van der Waals surface area (Å²) in [7, 11) is 0. The summed E-state index contributed by atoms with van der Waals surface area (Å²) in [4.78, 5) is 16.6. The number of thioether (sulfide) groups is 1. The maximum Gasteiger partial charge on any atom is 0.252 e. The van der Waals surface area contributed by atoms with Crippen molar-refractivity contribution in [3.8, 4) is 0 Å². The molecule has 1 aromatic carbocycles. The lowest BCUT2D eigenvalue weighted by Gasteiger charge is -2.17. The Labute approximate surface area is 122 Å². The number of aromatic nitrogens is 1. The molecule has 0 spiro atoms. The van der Waals surface area contributed by atoms with Gasteiger partial charge in [-0.15, -0.1) is 0 Å². The van der Waals surface area contributed by atoms with Gasteiger partial charge in [0.15, 0.2) is 0 Å². The van der Waals surface area contributed by atoms with E-state index in [-0.39, 0.29) is 18.6 Å². The number of aliphatic hydroxyl groups excluding tert-OH is 1. The normalized spacial score (nSPS) is 12.3. The van der Waals surface area contributed by atoms with Gasteiger partial charge in [0, 0.05) is 35.5 Å². The lowest BCUT2D eigenvalue weighted by Crippen LogP contribution is -2.37. The summed E-state index contributed by atoms with van der Waals surface area (Å²) in [5.41, 5.74) is 1.43. The minimum Gasteiger partial charge on any atom is -0.396 e. The molecular formula is C15H18N2O2S. The molecule has 106 valence electrons. The summed E-state index contributed by atoms with van der Waals surface area (Å²) in [6, 6.07) is 9.22. The van der Waals surface area contributed by atoms with Crippen molar-refractivity contribution in [3.05, 3.63) is 42.1 Å². The van der Waals surface area contributed by atoms with E-state index in [9.17, 15) is 4.79 Å².